The highest BCUT2D eigenvalue weighted by Crippen LogP contribution is 2.36. The third kappa shape index (κ3) is 3.93. The fraction of sp³-hybridized carbons (Fsp3) is 0.286. The molecule has 0 N–H and O–H groups in total. The molecule has 1 aliphatic rings. The second kappa shape index (κ2) is 8.32. The van der Waals surface area contributed by atoms with Gasteiger partial charge in [-0.15, -0.1) is 5.10 Å². The molecule has 4 rings (SSSR count). The number of aromatic nitrogens is 3. The van der Waals surface area contributed by atoms with E-state index < -0.39 is 0 Å². The fourth-order valence-electron chi connectivity index (χ4n) is 3.43. The molecule has 0 spiro atoms. The van der Waals surface area contributed by atoms with E-state index in [4.69, 9.17) is 14.2 Å². The summed E-state index contributed by atoms with van der Waals surface area (Å²) in [6, 6.07) is 15.1. The van der Waals surface area contributed by atoms with Gasteiger partial charge >= 0.3 is 5.97 Å². The van der Waals surface area contributed by atoms with Crippen molar-refractivity contribution < 1.29 is 19.0 Å². The van der Waals surface area contributed by atoms with Crippen molar-refractivity contribution in [2.45, 2.75) is 12.8 Å². The number of nitrogens with zero attached hydrogens (tertiary/aromatic N) is 4. The first kappa shape index (κ1) is 18.9. The van der Waals surface area contributed by atoms with Crippen LogP contribution in [0.4, 0.5) is 5.69 Å². The molecule has 0 radical (unpaired) electrons. The third-order valence-corrected chi connectivity index (χ3v) is 4.79. The lowest BCUT2D eigenvalue weighted by atomic mass is 10.1. The van der Waals surface area contributed by atoms with E-state index in [0.717, 1.165) is 29.2 Å². The third-order valence-electron chi connectivity index (χ3n) is 4.79. The monoisotopic (exact) mass is 394 g/mol. The van der Waals surface area contributed by atoms with E-state index in [-0.39, 0.29) is 12.2 Å². The Kier molecular flexibility index (Phi) is 5.44. The number of hydrogen-bond donors (Lipinski definition) is 0. The lowest BCUT2D eigenvalue weighted by Gasteiger charge is -2.25. The van der Waals surface area contributed by atoms with Gasteiger partial charge in [0.15, 0.2) is 6.23 Å². The number of benzene rings is 2. The second-order valence-corrected chi connectivity index (χ2v) is 6.62. The molecule has 29 heavy (non-hydrogen) atoms. The van der Waals surface area contributed by atoms with Crippen LogP contribution in [-0.4, -0.2) is 48.3 Å². The average Bonchev–Trinajstić information content (AvgIpc) is 3.42. The first-order valence-electron chi connectivity index (χ1n) is 9.28. The lowest BCUT2D eigenvalue weighted by Crippen LogP contribution is -2.24. The predicted molar refractivity (Wildman–Crippen MR) is 106 cm³/mol. The molecule has 0 amide bonds. The molecular formula is C21H22N4O4. The molecule has 1 saturated heterocycles. The SMILES string of the molecule is COC(=O)c1cccc(Cn2cc([C@@H]3OCCN3c3ccccc3OC)nn2)c1. The van der Waals surface area contributed by atoms with Crippen molar-refractivity contribution in [1.29, 1.82) is 0 Å². The number of methoxy groups -OCH3 is 2. The summed E-state index contributed by atoms with van der Waals surface area (Å²) in [5.41, 5.74) is 3.11. The summed E-state index contributed by atoms with van der Waals surface area (Å²) in [6.45, 7) is 1.81. The Hall–Kier alpha value is -3.39. The fourth-order valence-corrected chi connectivity index (χ4v) is 3.43. The molecule has 0 unspecified atom stereocenters. The summed E-state index contributed by atoms with van der Waals surface area (Å²) in [5.74, 6) is 0.424. The van der Waals surface area contributed by atoms with Crippen LogP contribution < -0.4 is 9.64 Å². The lowest BCUT2D eigenvalue weighted by molar-refractivity contribution is 0.0600. The van der Waals surface area contributed by atoms with Crippen LogP contribution in [0.15, 0.2) is 54.7 Å². The van der Waals surface area contributed by atoms with E-state index in [1.54, 1.807) is 23.9 Å². The minimum absolute atomic E-state index is 0.332. The zero-order chi connectivity index (χ0) is 20.2. The van der Waals surface area contributed by atoms with Crippen molar-refractivity contribution in [3.8, 4) is 5.75 Å². The van der Waals surface area contributed by atoms with Gasteiger partial charge in [-0.2, -0.15) is 0 Å². The Morgan fingerprint density at radius 2 is 2.07 bits per heavy atom. The second-order valence-electron chi connectivity index (χ2n) is 6.62. The average molecular weight is 394 g/mol. The normalized spacial score (nSPS) is 16.1. The summed E-state index contributed by atoms with van der Waals surface area (Å²) < 4.78 is 17.9. The highest BCUT2D eigenvalue weighted by Gasteiger charge is 2.31. The van der Waals surface area contributed by atoms with Crippen LogP contribution in [0.5, 0.6) is 5.75 Å². The van der Waals surface area contributed by atoms with Crippen molar-refractivity contribution in [3.63, 3.8) is 0 Å². The summed E-state index contributed by atoms with van der Waals surface area (Å²) in [4.78, 5) is 13.8. The summed E-state index contributed by atoms with van der Waals surface area (Å²) in [6.07, 6.45) is 1.53. The molecule has 8 heteroatoms. The molecule has 3 aromatic rings. The quantitative estimate of drug-likeness (QED) is 0.595. The minimum Gasteiger partial charge on any atom is -0.495 e. The van der Waals surface area contributed by atoms with E-state index in [1.165, 1.54) is 7.11 Å². The van der Waals surface area contributed by atoms with Gasteiger partial charge in [-0.05, 0) is 29.8 Å². The number of esters is 1. The van der Waals surface area contributed by atoms with Crippen molar-refractivity contribution >= 4 is 11.7 Å². The van der Waals surface area contributed by atoms with Gasteiger partial charge in [-0.25, -0.2) is 9.48 Å². The Labute approximate surface area is 168 Å². The van der Waals surface area contributed by atoms with Gasteiger partial charge in [-0.3, -0.25) is 0 Å². The van der Waals surface area contributed by atoms with Crippen molar-refractivity contribution in [2.75, 3.05) is 32.3 Å². The van der Waals surface area contributed by atoms with E-state index in [2.05, 4.69) is 15.2 Å². The van der Waals surface area contributed by atoms with Gasteiger partial charge in [0, 0.05) is 6.54 Å². The van der Waals surface area contributed by atoms with Gasteiger partial charge in [0.05, 0.1) is 44.8 Å². The molecule has 0 bridgehead atoms. The topological polar surface area (TPSA) is 78.7 Å². The van der Waals surface area contributed by atoms with E-state index in [0.29, 0.717) is 18.7 Å². The van der Waals surface area contributed by atoms with Gasteiger partial charge < -0.3 is 19.1 Å². The van der Waals surface area contributed by atoms with E-state index >= 15 is 0 Å². The number of anilines is 1. The molecule has 1 aliphatic heterocycles. The van der Waals surface area contributed by atoms with Crippen LogP contribution in [0.2, 0.25) is 0 Å². The van der Waals surface area contributed by atoms with Crippen molar-refractivity contribution in [3.05, 3.63) is 71.5 Å². The van der Waals surface area contributed by atoms with Crippen molar-refractivity contribution in [2.24, 2.45) is 0 Å². The summed E-state index contributed by atoms with van der Waals surface area (Å²) >= 11 is 0. The zero-order valence-corrected chi connectivity index (χ0v) is 16.3. The summed E-state index contributed by atoms with van der Waals surface area (Å²) in [5, 5.41) is 8.55. The van der Waals surface area contributed by atoms with Crippen LogP contribution in [0, 0.1) is 0 Å². The molecule has 0 saturated carbocycles. The first-order valence-corrected chi connectivity index (χ1v) is 9.28. The van der Waals surface area contributed by atoms with Gasteiger partial charge in [0.1, 0.15) is 11.4 Å². The number of carbonyl (C=O) groups is 1. The van der Waals surface area contributed by atoms with Crippen LogP contribution in [0.25, 0.3) is 0 Å². The molecule has 1 atom stereocenters. The Balaban J connectivity index is 1.54. The molecule has 8 nitrogen and oxygen atoms in total. The Morgan fingerprint density at radius 1 is 1.21 bits per heavy atom. The van der Waals surface area contributed by atoms with E-state index in [1.807, 2.05) is 42.6 Å². The molecule has 1 aromatic heterocycles. The maximum Gasteiger partial charge on any atom is 0.337 e. The molecule has 2 aromatic carbocycles. The molecule has 1 fully saturated rings. The number of carbonyl (C=O) groups excluding carboxylic acids is 1. The number of para-hydroxylation sites is 2. The smallest absolute Gasteiger partial charge is 0.337 e. The maximum absolute atomic E-state index is 11.7. The predicted octanol–water partition coefficient (Wildman–Crippen LogP) is 2.66. The van der Waals surface area contributed by atoms with Gasteiger partial charge in [0.25, 0.3) is 0 Å². The van der Waals surface area contributed by atoms with Crippen LogP contribution in [-0.2, 0) is 16.0 Å². The molecular weight excluding hydrogens is 372 g/mol. The zero-order valence-electron chi connectivity index (χ0n) is 16.3. The minimum atomic E-state index is -0.363. The number of hydrogen-bond acceptors (Lipinski definition) is 7. The van der Waals surface area contributed by atoms with Gasteiger partial charge in [-0.1, -0.05) is 29.5 Å². The summed E-state index contributed by atoms with van der Waals surface area (Å²) in [7, 11) is 3.03. The highest BCUT2D eigenvalue weighted by atomic mass is 16.5. The largest absolute Gasteiger partial charge is 0.495 e. The highest BCUT2D eigenvalue weighted by molar-refractivity contribution is 5.89. The van der Waals surface area contributed by atoms with E-state index in [9.17, 15) is 4.79 Å². The molecule has 0 aliphatic carbocycles. The number of rotatable bonds is 6. The van der Waals surface area contributed by atoms with Gasteiger partial charge in [0.2, 0.25) is 0 Å². The van der Waals surface area contributed by atoms with Crippen LogP contribution in [0.1, 0.15) is 27.8 Å². The molecule has 150 valence electrons. The van der Waals surface area contributed by atoms with Crippen LogP contribution in [0.3, 0.4) is 0 Å². The Morgan fingerprint density at radius 3 is 2.90 bits per heavy atom. The van der Waals surface area contributed by atoms with Crippen LogP contribution >= 0.6 is 0 Å². The number of ether oxygens (including phenoxy) is 3. The van der Waals surface area contributed by atoms with Crippen molar-refractivity contribution in [1.82, 2.24) is 15.0 Å². The molecule has 2 heterocycles. The maximum atomic E-state index is 11.7. The standard InChI is InChI=1S/C21H22N4O4/c1-27-19-9-4-3-8-18(19)25-10-11-29-20(25)17-14-24(23-22-17)13-15-6-5-7-16(12-15)21(26)28-2/h3-9,12,14,20H,10-11,13H2,1-2H3/t20-/m0/s1. The Bertz CT molecular complexity index is 1000. The first-order chi connectivity index (χ1) is 14.2.